The SMILES string of the molecule is CN(Cc1ccccc1)C(=O)c1ccccc1C(=O)OCC(=O)N1CCNC1=O. The summed E-state index contributed by atoms with van der Waals surface area (Å²) < 4.78 is 5.06. The fourth-order valence-corrected chi connectivity index (χ4v) is 2.97. The number of urea groups is 1. The molecule has 0 aromatic heterocycles. The van der Waals surface area contributed by atoms with Gasteiger partial charge in [0.1, 0.15) is 0 Å². The van der Waals surface area contributed by atoms with Crippen molar-refractivity contribution in [2.45, 2.75) is 6.54 Å². The van der Waals surface area contributed by atoms with E-state index in [1.807, 2.05) is 30.3 Å². The third kappa shape index (κ3) is 4.78. The highest BCUT2D eigenvalue weighted by molar-refractivity contribution is 6.06. The van der Waals surface area contributed by atoms with Gasteiger partial charge in [0.25, 0.3) is 11.8 Å². The van der Waals surface area contributed by atoms with Crippen LogP contribution in [-0.2, 0) is 16.1 Å². The smallest absolute Gasteiger partial charge is 0.339 e. The predicted molar refractivity (Wildman–Crippen MR) is 104 cm³/mol. The lowest BCUT2D eigenvalue weighted by atomic mass is 10.1. The highest BCUT2D eigenvalue weighted by atomic mass is 16.5. The molecule has 29 heavy (non-hydrogen) atoms. The largest absolute Gasteiger partial charge is 0.452 e. The molecule has 0 bridgehead atoms. The number of carbonyl (C=O) groups is 4. The molecule has 150 valence electrons. The van der Waals surface area contributed by atoms with E-state index in [0.717, 1.165) is 10.5 Å². The van der Waals surface area contributed by atoms with Crippen molar-refractivity contribution in [3.63, 3.8) is 0 Å². The lowest BCUT2D eigenvalue weighted by molar-refractivity contribution is -0.130. The number of carbonyl (C=O) groups excluding carboxylic acids is 4. The summed E-state index contributed by atoms with van der Waals surface area (Å²) in [6, 6.07) is 15.2. The predicted octanol–water partition coefficient (Wildman–Crippen LogP) is 1.67. The number of rotatable bonds is 6. The molecule has 0 saturated carbocycles. The van der Waals surface area contributed by atoms with Crippen molar-refractivity contribution in [3.05, 3.63) is 71.3 Å². The first-order chi connectivity index (χ1) is 14.0. The quantitative estimate of drug-likeness (QED) is 0.751. The van der Waals surface area contributed by atoms with E-state index in [4.69, 9.17) is 4.74 Å². The molecule has 1 saturated heterocycles. The Bertz CT molecular complexity index is 929. The molecule has 0 radical (unpaired) electrons. The van der Waals surface area contributed by atoms with Gasteiger partial charge in [-0.2, -0.15) is 0 Å². The fourth-order valence-electron chi connectivity index (χ4n) is 2.97. The third-order valence-corrected chi connectivity index (χ3v) is 4.47. The van der Waals surface area contributed by atoms with E-state index in [9.17, 15) is 19.2 Å². The molecule has 0 aliphatic carbocycles. The normalized spacial score (nSPS) is 13.0. The number of esters is 1. The third-order valence-electron chi connectivity index (χ3n) is 4.47. The van der Waals surface area contributed by atoms with Crippen LogP contribution in [0.3, 0.4) is 0 Å². The summed E-state index contributed by atoms with van der Waals surface area (Å²) in [4.78, 5) is 51.4. The fraction of sp³-hybridized carbons (Fsp3) is 0.238. The van der Waals surface area contributed by atoms with Gasteiger partial charge >= 0.3 is 12.0 Å². The lowest BCUT2D eigenvalue weighted by Crippen LogP contribution is -2.37. The van der Waals surface area contributed by atoms with Crippen molar-refractivity contribution >= 4 is 23.8 Å². The maximum absolute atomic E-state index is 12.9. The van der Waals surface area contributed by atoms with E-state index in [0.29, 0.717) is 13.1 Å². The van der Waals surface area contributed by atoms with Gasteiger partial charge in [-0.3, -0.25) is 14.5 Å². The van der Waals surface area contributed by atoms with E-state index in [-0.39, 0.29) is 23.6 Å². The minimum Gasteiger partial charge on any atom is -0.452 e. The van der Waals surface area contributed by atoms with Crippen molar-refractivity contribution in [2.24, 2.45) is 0 Å². The first-order valence-electron chi connectivity index (χ1n) is 9.11. The molecule has 0 unspecified atom stereocenters. The second-order valence-corrected chi connectivity index (χ2v) is 6.55. The molecule has 1 N–H and O–H groups in total. The number of nitrogens with zero attached hydrogens (tertiary/aromatic N) is 2. The van der Waals surface area contributed by atoms with Crippen LogP contribution in [0, 0.1) is 0 Å². The van der Waals surface area contributed by atoms with Crippen LogP contribution in [0.4, 0.5) is 4.79 Å². The Balaban J connectivity index is 1.67. The summed E-state index contributed by atoms with van der Waals surface area (Å²) in [6.07, 6.45) is 0. The van der Waals surface area contributed by atoms with Crippen molar-refractivity contribution in [2.75, 3.05) is 26.7 Å². The Morgan fingerprint density at radius 3 is 2.34 bits per heavy atom. The summed E-state index contributed by atoms with van der Waals surface area (Å²) in [6.45, 7) is 0.401. The van der Waals surface area contributed by atoms with E-state index in [1.165, 1.54) is 17.0 Å². The zero-order chi connectivity index (χ0) is 20.8. The monoisotopic (exact) mass is 395 g/mol. The second kappa shape index (κ2) is 9.01. The van der Waals surface area contributed by atoms with Crippen LogP contribution in [0.1, 0.15) is 26.3 Å². The zero-order valence-corrected chi connectivity index (χ0v) is 16.0. The minimum atomic E-state index is -0.796. The molecule has 1 fully saturated rings. The first-order valence-corrected chi connectivity index (χ1v) is 9.11. The number of amides is 4. The van der Waals surface area contributed by atoms with E-state index in [1.54, 1.807) is 19.2 Å². The van der Waals surface area contributed by atoms with Gasteiger partial charge in [-0.15, -0.1) is 0 Å². The molecule has 1 aliphatic rings. The van der Waals surface area contributed by atoms with E-state index >= 15 is 0 Å². The Morgan fingerprint density at radius 2 is 1.69 bits per heavy atom. The number of nitrogens with one attached hydrogen (secondary N) is 1. The molecular formula is C21H21N3O5. The van der Waals surface area contributed by atoms with Crippen molar-refractivity contribution in [1.29, 1.82) is 0 Å². The number of benzene rings is 2. The topological polar surface area (TPSA) is 96.0 Å². The van der Waals surface area contributed by atoms with Crippen LogP contribution < -0.4 is 5.32 Å². The molecular weight excluding hydrogens is 374 g/mol. The molecule has 8 heteroatoms. The van der Waals surface area contributed by atoms with Crippen LogP contribution in [0.25, 0.3) is 0 Å². The molecule has 1 aliphatic heterocycles. The van der Waals surface area contributed by atoms with Crippen LogP contribution in [-0.4, -0.2) is 60.4 Å². The lowest BCUT2D eigenvalue weighted by Gasteiger charge is -2.19. The van der Waals surface area contributed by atoms with Gasteiger partial charge in [0.05, 0.1) is 11.1 Å². The van der Waals surface area contributed by atoms with Gasteiger partial charge < -0.3 is 15.0 Å². The molecule has 2 aromatic carbocycles. The van der Waals surface area contributed by atoms with Gasteiger partial charge in [0, 0.05) is 26.7 Å². The Kier molecular flexibility index (Phi) is 6.23. The molecule has 4 amide bonds. The molecule has 0 atom stereocenters. The van der Waals surface area contributed by atoms with Gasteiger partial charge in [0.15, 0.2) is 6.61 Å². The average molecular weight is 395 g/mol. The van der Waals surface area contributed by atoms with Crippen molar-refractivity contribution in [3.8, 4) is 0 Å². The Labute approximate surface area is 168 Å². The molecule has 8 nitrogen and oxygen atoms in total. The Hall–Kier alpha value is -3.68. The number of ether oxygens (including phenoxy) is 1. The van der Waals surface area contributed by atoms with Gasteiger partial charge in [0.2, 0.25) is 0 Å². The zero-order valence-electron chi connectivity index (χ0n) is 16.0. The number of hydrogen-bond donors (Lipinski definition) is 1. The van der Waals surface area contributed by atoms with E-state index < -0.39 is 24.5 Å². The van der Waals surface area contributed by atoms with Crippen LogP contribution in [0.2, 0.25) is 0 Å². The summed E-state index contributed by atoms with van der Waals surface area (Å²) in [5.41, 5.74) is 1.20. The summed E-state index contributed by atoms with van der Waals surface area (Å²) >= 11 is 0. The van der Waals surface area contributed by atoms with E-state index in [2.05, 4.69) is 5.32 Å². The first kappa shape index (κ1) is 20.1. The van der Waals surface area contributed by atoms with Crippen molar-refractivity contribution in [1.82, 2.24) is 15.1 Å². The maximum atomic E-state index is 12.9. The molecule has 2 aromatic rings. The van der Waals surface area contributed by atoms with Crippen LogP contribution in [0.5, 0.6) is 0 Å². The number of hydrogen-bond acceptors (Lipinski definition) is 5. The van der Waals surface area contributed by atoms with Gasteiger partial charge in [-0.25, -0.2) is 9.59 Å². The maximum Gasteiger partial charge on any atom is 0.339 e. The van der Waals surface area contributed by atoms with Crippen molar-refractivity contribution < 1.29 is 23.9 Å². The summed E-state index contributed by atoms with van der Waals surface area (Å²) in [5.74, 6) is -1.75. The average Bonchev–Trinajstić information content (AvgIpc) is 3.18. The number of imide groups is 1. The summed E-state index contributed by atoms with van der Waals surface area (Å²) in [5, 5.41) is 2.50. The highest BCUT2D eigenvalue weighted by Gasteiger charge is 2.27. The minimum absolute atomic E-state index is 0.0658. The summed E-state index contributed by atoms with van der Waals surface area (Å²) in [7, 11) is 1.65. The second-order valence-electron chi connectivity index (χ2n) is 6.55. The Morgan fingerprint density at radius 1 is 1.03 bits per heavy atom. The van der Waals surface area contributed by atoms with Crippen LogP contribution in [0.15, 0.2) is 54.6 Å². The molecule has 1 heterocycles. The molecule has 0 spiro atoms. The highest BCUT2D eigenvalue weighted by Crippen LogP contribution is 2.15. The van der Waals surface area contributed by atoms with Gasteiger partial charge in [-0.1, -0.05) is 42.5 Å². The molecule has 3 rings (SSSR count). The standard InChI is InChI=1S/C21H21N3O5/c1-23(13-15-7-3-2-4-8-15)19(26)16-9-5-6-10-17(16)20(27)29-14-18(25)24-12-11-22-21(24)28/h2-10H,11-14H2,1H3,(H,22,28). The van der Waals surface area contributed by atoms with Gasteiger partial charge in [-0.05, 0) is 17.7 Å². The van der Waals surface area contributed by atoms with Crippen LogP contribution >= 0.6 is 0 Å².